The zero-order valence-electron chi connectivity index (χ0n) is 15.2. The van der Waals surface area contributed by atoms with Crippen molar-refractivity contribution in [3.63, 3.8) is 0 Å². The highest BCUT2D eigenvalue weighted by Gasteiger charge is 2.23. The zero-order chi connectivity index (χ0) is 17.6. The lowest BCUT2D eigenvalue weighted by atomic mass is 10.1. The molecular weight excluding hydrogens is 326 g/mol. The summed E-state index contributed by atoms with van der Waals surface area (Å²) in [6.07, 6.45) is 4.10. The molecule has 26 heavy (non-hydrogen) atoms. The molecular formula is C20H27N5O. The van der Waals surface area contributed by atoms with Crippen LogP contribution in [0.1, 0.15) is 12.0 Å². The van der Waals surface area contributed by atoms with E-state index in [1.54, 1.807) is 0 Å². The highest BCUT2D eigenvalue weighted by Crippen LogP contribution is 2.17. The molecule has 1 unspecified atom stereocenters. The second-order valence-electron chi connectivity index (χ2n) is 7.00. The molecule has 0 spiro atoms. The van der Waals surface area contributed by atoms with E-state index in [2.05, 4.69) is 50.4 Å². The number of ether oxygens (including phenoxy) is 1. The van der Waals surface area contributed by atoms with E-state index in [0.717, 1.165) is 70.5 Å². The highest BCUT2D eigenvalue weighted by molar-refractivity contribution is 5.43. The number of aromatic nitrogens is 2. The predicted octanol–water partition coefficient (Wildman–Crippen LogP) is 2.04. The molecule has 0 radical (unpaired) electrons. The zero-order valence-corrected chi connectivity index (χ0v) is 15.2. The van der Waals surface area contributed by atoms with Crippen molar-refractivity contribution in [3.05, 3.63) is 48.2 Å². The van der Waals surface area contributed by atoms with Crippen molar-refractivity contribution in [1.82, 2.24) is 14.9 Å². The molecule has 2 saturated heterocycles. The lowest BCUT2D eigenvalue weighted by Crippen LogP contribution is -2.37. The van der Waals surface area contributed by atoms with E-state index in [1.165, 1.54) is 5.56 Å². The van der Waals surface area contributed by atoms with E-state index < -0.39 is 0 Å². The summed E-state index contributed by atoms with van der Waals surface area (Å²) < 4.78 is 5.42. The van der Waals surface area contributed by atoms with Crippen LogP contribution in [-0.2, 0) is 11.2 Å². The summed E-state index contributed by atoms with van der Waals surface area (Å²) in [5.74, 6) is 1.73. The van der Waals surface area contributed by atoms with Crippen LogP contribution in [-0.4, -0.2) is 66.8 Å². The fourth-order valence-electron chi connectivity index (χ4n) is 3.66. The first kappa shape index (κ1) is 17.2. The van der Waals surface area contributed by atoms with Gasteiger partial charge in [-0.1, -0.05) is 30.3 Å². The Morgan fingerprint density at radius 2 is 1.92 bits per heavy atom. The van der Waals surface area contributed by atoms with E-state index in [9.17, 15) is 0 Å². The van der Waals surface area contributed by atoms with Gasteiger partial charge in [-0.3, -0.25) is 0 Å². The van der Waals surface area contributed by atoms with Crippen LogP contribution < -0.4 is 10.2 Å². The Morgan fingerprint density at radius 1 is 1.08 bits per heavy atom. The number of hydrogen-bond acceptors (Lipinski definition) is 6. The smallest absolute Gasteiger partial charge is 0.224 e. The van der Waals surface area contributed by atoms with Crippen LogP contribution in [0.5, 0.6) is 0 Å². The monoisotopic (exact) mass is 353 g/mol. The van der Waals surface area contributed by atoms with Gasteiger partial charge >= 0.3 is 0 Å². The number of nitrogens with zero attached hydrogens (tertiary/aromatic N) is 4. The van der Waals surface area contributed by atoms with Crippen LogP contribution >= 0.6 is 0 Å². The van der Waals surface area contributed by atoms with Crippen molar-refractivity contribution in [3.8, 4) is 0 Å². The summed E-state index contributed by atoms with van der Waals surface area (Å²) in [4.78, 5) is 13.9. The maximum Gasteiger partial charge on any atom is 0.224 e. The second-order valence-corrected chi connectivity index (χ2v) is 7.00. The largest absolute Gasteiger partial charge is 0.378 e. The molecule has 2 aliphatic heterocycles. The van der Waals surface area contributed by atoms with Crippen molar-refractivity contribution >= 4 is 11.8 Å². The highest BCUT2D eigenvalue weighted by atomic mass is 16.5. The molecule has 1 aromatic heterocycles. The third-order valence-electron chi connectivity index (χ3n) is 5.14. The summed E-state index contributed by atoms with van der Waals surface area (Å²) in [6.45, 7) is 6.63. The Labute approximate surface area is 155 Å². The summed E-state index contributed by atoms with van der Waals surface area (Å²) in [7, 11) is 0. The van der Waals surface area contributed by atoms with Crippen LogP contribution in [0, 0.1) is 0 Å². The molecule has 1 N–H and O–H groups in total. The average molecular weight is 353 g/mol. The van der Waals surface area contributed by atoms with Gasteiger partial charge < -0.3 is 19.9 Å². The summed E-state index contributed by atoms with van der Waals surface area (Å²) >= 11 is 0. The number of rotatable bonds is 6. The van der Waals surface area contributed by atoms with Crippen molar-refractivity contribution in [2.75, 3.05) is 56.2 Å². The third-order valence-corrected chi connectivity index (χ3v) is 5.14. The minimum Gasteiger partial charge on any atom is -0.378 e. The van der Waals surface area contributed by atoms with Gasteiger partial charge in [-0.15, -0.1) is 0 Å². The van der Waals surface area contributed by atoms with Gasteiger partial charge in [0.1, 0.15) is 5.82 Å². The van der Waals surface area contributed by atoms with Gasteiger partial charge in [0.05, 0.1) is 13.2 Å². The molecule has 1 aromatic carbocycles. The molecule has 3 heterocycles. The molecule has 0 bridgehead atoms. The van der Waals surface area contributed by atoms with E-state index in [-0.39, 0.29) is 0 Å². The van der Waals surface area contributed by atoms with Crippen LogP contribution in [0.2, 0.25) is 0 Å². The Kier molecular flexibility index (Phi) is 5.62. The second kappa shape index (κ2) is 8.47. The lowest BCUT2D eigenvalue weighted by molar-refractivity contribution is 0.122. The van der Waals surface area contributed by atoms with Gasteiger partial charge in [-0.25, -0.2) is 4.98 Å². The number of anilines is 2. The van der Waals surface area contributed by atoms with Gasteiger partial charge in [-0.2, -0.15) is 4.98 Å². The van der Waals surface area contributed by atoms with Crippen molar-refractivity contribution < 1.29 is 4.74 Å². The van der Waals surface area contributed by atoms with Crippen LogP contribution in [0.15, 0.2) is 42.6 Å². The standard InChI is InChI=1S/C20H27N5O/c1-2-4-17(5-3-1)7-10-24-11-8-18(16-24)22-20-21-9-6-19(23-20)25-12-14-26-15-13-25/h1-6,9,18H,7-8,10-16H2,(H,21,22,23). The van der Waals surface area contributed by atoms with Crippen molar-refractivity contribution in [2.24, 2.45) is 0 Å². The molecule has 138 valence electrons. The van der Waals surface area contributed by atoms with Gasteiger partial charge in [0.2, 0.25) is 5.95 Å². The fraction of sp³-hybridized carbons (Fsp3) is 0.500. The summed E-state index contributed by atoms with van der Waals surface area (Å²) in [6, 6.07) is 13.1. The molecule has 4 rings (SSSR count). The topological polar surface area (TPSA) is 53.5 Å². The first-order valence-corrected chi connectivity index (χ1v) is 9.55. The van der Waals surface area contributed by atoms with Gasteiger partial charge in [0.15, 0.2) is 0 Å². The Hall–Kier alpha value is -2.18. The Bertz CT molecular complexity index is 690. The summed E-state index contributed by atoms with van der Waals surface area (Å²) in [5.41, 5.74) is 1.41. The average Bonchev–Trinajstić information content (AvgIpc) is 3.15. The Balaban J connectivity index is 1.28. The molecule has 6 nitrogen and oxygen atoms in total. The first-order chi connectivity index (χ1) is 12.9. The van der Waals surface area contributed by atoms with Crippen LogP contribution in [0.3, 0.4) is 0 Å². The fourth-order valence-corrected chi connectivity index (χ4v) is 3.66. The first-order valence-electron chi connectivity index (χ1n) is 9.55. The van der Waals surface area contributed by atoms with E-state index in [1.807, 2.05) is 12.3 Å². The van der Waals surface area contributed by atoms with Gasteiger partial charge in [0.25, 0.3) is 0 Å². The molecule has 1 atom stereocenters. The molecule has 0 aliphatic carbocycles. The molecule has 0 amide bonds. The molecule has 2 aliphatic rings. The van der Waals surface area contributed by atoms with Gasteiger partial charge in [-0.05, 0) is 24.5 Å². The predicted molar refractivity (Wildman–Crippen MR) is 104 cm³/mol. The number of nitrogens with one attached hydrogen (secondary N) is 1. The lowest BCUT2D eigenvalue weighted by Gasteiger charge is -2.28. The SMILES string of the molecule is c1ccc(CCN2CCC(Nc3nccc(N4CCOCC4)n3)C2)cc1. The number of benzene rings is 1. The van der Waals surface area contributed by atoms with Crippen LogP contribution in [0.25, 0.3) is 0 Å². The number of likely N-dealkylation sites (tertiary alicyclic amines) is 1. The van der Waals surface area contributed by atoms with Crippen molar-refractivity contribution in [2.45, 2.75) is 18.9 Å². The maximum absolute atomic E-state index is 5.42. The van der Waals surface area contributed by atoms with E-state index >= 15 is 0 Å². The Morgan fingerprint density at radius 3 is 2.77 bits per heavy atom. The van der Waals surface area contributed by atoms with Crippen LogP contribution in [0.4, 0.5) is 11.8 Å². The van der Waals surface area contributed by atoms with Crippen molar-refractivity contribution in [1.29, 1.82) is 0 Å². The third kappa shape index (κ3) is 4.51. The number of hydrogen-bond donors (Lipinski definition) is 1. The molecule has 2 aromatic rings. The molecule has 6 heteroatoms. The molecule has 2 fully saturated rings. The van der Waals surface area contributed by atoms with E-state index in [0.29, 0.717) is 6.04 Å². The summed E-state index contributed by atoms with van der Waals surface area (Å²) in [5, 5.41) is 3.53. The normalized spacial score (nSPS) is 21.1. The maximum atomic E-state index is 5.42. The number of morpholine rings is 1. The van der Waals surface area contributed by atoms with E-state index in [4.69, 9.17) is 9.72 Å². The minimum absolute atomic E-state index is 0.422. The minimum atomic E-state index is 0.422. The quantitative estimate of drug-likeness (QED) is 0.858. The van der Waals surface area contributed by atoms with Gasteiger partial charge in [0, 0.05) is 45.0 Å². The molecule has 0 saturated carbocycles.